The molecule has 0 aliphatic heterocycles. The highest BCUT2D eigenvalue weighted by Gasteiger charge is 2.38. The minimum Gasteiger partial charge on any atom is -0.329 e. The molecule has 0 radical (unpaired) electrons. The second-order valence-corrected chi connectivity index (χ2v) is 9.16. The van der Waals surface area contributed by atoms with Gasteiger partial charge in [0, 0.05) is 33.9 Å². The van der Waals surface area contributed by atoms with Gasteiger partial charge >= 0.3 is 12.1 Å². The zero-order valence-corrected chi connectivity index (χ0v) is 15.1. The molecule has 1 fully saturated rings. The van der Waals surface area contributed by atoms with Gasteiger partial charge in [0.15, 0.2) is 0 Å². The second kappa shape index (κ2) is 6.32. The predicted octanol–water partition coefficient (Wildman–Crippen LogP) is 3.41. The average Bonchev–Trinajstić information content (AvgIpc) is 3.11. The number of pyridine rings is 1. The van der Waals surface area contributed by atoms with E-state index < -0.39 is 21.8 Å². The van der Waals surface area contributed by atoms with Crippen LogP contribution in [0.15, 0.2) is 33.4 Å². The van der Waals surface area contributed by atoms with Gasteiger partial charge in [-0.1, -0.05) is 5.16 Å². The van der Waals surface area contributed by atoms with Crippen molar-refractivity contribution in [2.75, 3.05) is 12.8 Å². The van der Waals surface area contributed by atoms with Gasteiger partial charge in [-0.05, 0) is 30.9 Å². The molecule has 1 unspecified atom stereocenters. The molecule has 0 spiro atoms. The zero-order chi connectivity index (χ0) is 19.2. The van der Waals surface area contributed by atoms with E-state index in [1.165, 1.54) is 0 Å². The van der Waals surface area contributed by atoms with E-state index in [9.17, 15) is 17.4 Å². The van der Waals surface area contributed by atoms with Crippen LogP contribution < -0.4 is 0 Å². The molecule has 1 aliphatic carbocycles. The lowest BCUT2D eigenvalue weighted by atomic mass is 10.3. The van der Waals surface area contributed by atoms with Gasteiger partial charge in [0.05, 0.1) is 18.0 Å². The van der Waals surface area contributed by atoms with Crippen LogP contribution >= 0.6 is 0 Å². The first kappa shape index (κ1) is 18.0. The molecule has 3 aromatic rings. The van der Waals surface area contributed by atoms with Crippen molar-refractivity contribution < 1.29 is 21.9 Å². The summed E-state index contributed by atoms with van der Waals surface area (Å²) >= 11 is 0. The summed E-state index contributed by atoms with van der Waals surface area (Å²) in [4.78, 5) is 7.77. The van der Waals surface area contributed by atoms with Gasteiger partial charge in [-0.15, -0.1) is 0 Å². The van der Waals surface area contributed by atoms with Crippen molar-refractivity contribution in [2.24, 2.45) is 10.3 Å². The summed E-state index contributed by atoms with van der Waals surface area (Å²) in [5.74, 6) is -0.784. The molecule has 3 aromatic heterocycles. The van der Waals surface area contributed by atoms with E-state index in [1.54, 1.807) is 35.2 Å². The van der Waals surface area contributed by atoms with Gasteiger partial charge in [0.2, 0.25) is 5.82 Å². The number of hydrogen-bond acceptors (Lipinski definition) is 6. The molecule has 1 saturated carbocycles. The quantitative estimate of drug-likeness (QED) is 0.656. The number of aromatic nitrogens is 4. The molecule has 27 heavy (non-hydrogen) atoms. The van der Waals surface area contributed by atoms with Crippen LogP contribution in [0.4, 0.5) is 13.2 Å². The van der Waals surface area contributed by atoms with Gasteiger partial charge in [0.1, 0.15) is 5.65 Å². The van der Waals surface area contributed by atoms with Gasteiger partial charge in [-0.3, -0.25) is 0 Å². The van der Waals surface area contributed by atoms with Crippen molar-refractivity contribution >= 4 is 15.4 Å². The monoisotopic (exact) mass is 399 g/mol. The van der Waals surface area contributed by atoms with Crippen LogP contribution in [0.1, 0.15) is 24.4 Å². The third-order valence-corrected chi connectivity index (χ3v) is 5.67. The predicted molar refractivity (Wildman–Crippen MR) is 91.3 cm³/mol. The largest absolute Gasteiger partial charge is 0.471 e. The average molecular weight is 399 g/mol. The molecule has 0 N–H and O–H groups in total. The fraction of sp³-hybridized carbons (Fsp3) is 0.438. The van der Waals surface area contributed by atoms with E-state index in [2.05, 4.69) is 24.0 Å². The Hall–Kier alpha value is -2.43. The highest BCUT2D eigenvalue weighted by atomic mass is 32.2. The summed E-state index contributed by atoms with van der Waals surface area (Å²) < 4.78 is 60.6. The number of imidazole rings is 1. The Kier molecular flexibility index (Phi) is 4.21. The molecule has 3 heterocycles. The third-order valence-electron chi connectivity index (χ3n) is 4.15. The third kappa shape index (κ3) is 4.12. The van der Waals surface area contributed by atoms with Crippen molar-refractivity contribution in [3.05, 3.63) is 36.1 Å². The Balaban J connectivity index is 1.59. The van der Waals surface area contributed by atoms with Crippen molar-refractivity contribution in [1.82, 2.24) is 19.5 Å². The van der Waals surface area contributed by atoms with Crippen molar-refractivity contribution in [3.8, 4) is 11.4 Å². The van der Waals surface area contributed by atoms with Crippen molar-refractivity contribution in [3.63, 3.8) is 0 Å². The summed E-state index contributed by atoms with van der Waals surface area (Å²) in [6.07, 6.45) is 2.44. The van der Waals surface area contributed by atoms with Gasteiger partial charge < -0.3 is 8.92 Å². The summed E-state index contributed by atoms with van der Waals surface area (Å²) in [6, 6.07) is 3.18. The Labute approximate surface area is 152 Å². The number of fused-ring (bicyclic) bond motifs is 1. The molecule has 0 amide bonds. The van der Waals surface area contributed by atoms with E-state index >= 15 is 0 Å². The zero-order valence-electron chi connectivity index (χ0n) is 14.3. The van der Waals surface area contributed by atoms with E-state index in [0.717, 1.165) is 12.8 Å². The molecular formula is C16H16F3N5O2S. The number of rotatable bonds is 5. The van der Waals surface area contributed by atoms with Crippen LogP contribution in [0.2, 0.25) is 0 Å². The topological polar surface area (TPSA) is 85.7 Å². The Bertz CT molecular complexity index is 1110. The molecule has 144 valence electrons. The Morgan fingerprint density at radius 3 is 2.74 bits per heavy atom. The number of halogens is 3. The van der Waals surface area contributed by atoms with Gasteiger partial charge in [-0.25, -0.2) is 13.6 Å². The highest BCUT2D eigenvalue weighted by molar-refractivity contribution is 7.92. The summed E-state index contributed by atoms with van der Waals surface area (Å²) in [6.45, 7) is 0.617. The minimum absolute atomic E-state index is 0.168. The normalized spacial score (nSPS) is 17.2. The molecule has 11 heteroatoms. The lowest BCUT2D eigenvalue weighted by molar-refractivity contribution is -0.159. The molecule has 0 aromatic carbocycles. The van der Waals surface area contributed by atoms with E-state index in [4.69, 9.17) is 0 Å². The number of hydrogen-bond donors (Lipinski definition) is 0. The molecule has 0 bridgehead atoms. The van der Waals surface area contributed by atoms with Gasteiger partial charge in [0.25, 0.3) is 0 Å². The van der Waals surface area contributed by atoms with Crippen LogP contribution in [0.5, 0.6) is 0 Å². The van der Waals surface area contributed by atoms with Crippen LogP contribution in [-0.2, 0) is 21.7 Å². The Morgan fingerprint density at radius 2 is 2.07 bits per heavy atom. The first-order valence-electron chi connectivity index (χ1n) is 8.24. The molecule has 7 nitrogen and oxygen atoms in total. The number of nitrogens with zero attached hydrogens (tertiary/aromatic N) is 5. The van der Waals surface area contributed by atoms with E-state index in [0.29, 0.717) is 29.4 Å². The first-order valence-corrected chi connectivity index (χ1v) is 10.3. The molecular weight excluding hydrogens is 383 g/mol. The Morgan fingerprint density at radius 1 is 1.30 bits per heavy atom. The fourth-order valence-electron chi connectivity index (χ4n) is 2.59. The van der Waals surface area contributed by atoms with Crippen LogP contribution in [0.25, 0.3) is 17.0 Å². The first-order chi connectivity index (χ1) is 12.7. The standard InChI is InChI=1S/C16H16F3N5O2S/c1-27(25,20-6-10-2-3-10)9-12-8-24-7-11(4-5-13(24)21-12)14-22-15(26-23-14)16(17,18)19/h4-5,7-8,10H,2-3,6,9H2,1H3. The van der Waals surface area contributed by atoms with Crippen LogP contribution in [-0.4, -0.2) is 36.5 Å². The molecule has 0 saturated heterocycles. The van der Waals surface area contributed by atoms with Crippen LogP contribution in [0, 0.1) is 5.92 Å². The molecule has 1 atom stereocenters. The SMILES string of the molecule is CS(=O)(Cc1cn2cc(-c3noc(C(F)(F)F)n3)ccc2n1)=NCC1CC1. The van der Waals surface area contributed by atoms with E-state index in [-0.39, 0.29) is 11.6 Å². The molecule has 4 rings (SSSR count). The summed E-state index contributed by atoms with van der Waals surface area (Å²) in [5.41, 5.74) is 1.52. The van der Waals surface area contributed by atoms with E-state index in [1.807, 2.05) is 0 Å². The lowest BCUT2D eigenvalue weighted by Crippen LogP contribution is -2.04. The summed E-state index contributed by atoms with van der Waals surface area (Å²) in [7, 11) is -2.38. The minimum atomic E-state index is -4.69. The van der Waals surface area contributed by atoms with Gasteiger partial charge in [-0.2, -0.15) is 18.2 Å². The maximum absolute atomic E-state index is 12.6. The highest BCUT2D eigenvalue weighted by Crippen LogP contribution is 2.30. The van der Waals surface area contributed by atoms with Crippen molar-refractivity contribution in [2.45, 2.75) is 24.8 Å². The maximum Gasteiger partial charge on any atom is 0.471 e. The summed E-state index contributed by atoms with van der Waals surface area (Å²) in [5, 5.41) is 3.37. The molecule has 1 aliphatic rings. The number of alkyl halides is 3. The second-order valence-electron chi connectivity index (χ2n) is 6.70. The van der Waals surface area contributed by atoms with Crippen molar-refractivity contribution in [1.29, 1.82) is 0 Å². The fourth-order valence-corrected chi connectivity index (χ4v) is 3.89. The lowest BCUT2D eigenvalue weighted by Gasteiger charge is -2.01. The van der Waals surface area contributed by atoms with Crippen LogP contribution in [0.3, 0.4) is 0 Å². The maximum atomic E-state index is 12.6. The smallest absolute Gasteiger partial charge is 0.329 e.